The summed E-state index contributed by atoms with van der Waals surface area (Å²) in [5.74, 6) is 0. The molecule has 5 heteroatoms. The molecule has 0 aliphatic heterocycles. The molecule has 0 aromatic heterocycles. The van der Waals surface area contributed by atoms with Crippen molar-refractivity contribution in [1.29, 1.82) is 0 Å². The second-order valence-electron chi connectivity index (χ2n) is 0.724. The topological polar surface area (TPSA) is 115 Å². The Labute approximate surface area is 68.0 Å². The zero-order chi connectivity index (χ0) is 3.41. The van der Waals surface area contributed by atoms with Gasteiger partial charge in [0.1, 0.15) is 0 Å². The van der Waals surface area contributed by atoms with E-state index in [9.17, 15) is 0 Å². The van der Waals surface area contributed by atoms with Crippen LogP contribution in [-0.4, -0.2) is 28.1 Å². The van der Waals surface area contributed by atoms with Crippen LogP contribution in [0.2, 0.25) is 0 Å². The molecule has 0 aliphatic carbocycles. The van der Waals surface area contributed by atoms with Gasteiger partial charge in [0.2, 0.25) is 0 Å². The molecule has 0 spiro atoms. The molecule has 0 bridgehead atoms. The molecule has 0 aromatic carbocycles. The van der Waals surface area contributed by atoms with Gasteiger partial charge in [-0.15, -0.1) is 0 Å². The monoisotopic (exact) mass is 204 g/mol. The van der Waals surface area contributed by atoms with E-state index in [4.69, 9.17) is 5.11 Å². The fourth-order valence-corrected chi connectivity index (χ4v) is 0. The maximum Gasteiger partial charge on any atom is 0.0428 e. The van der Waals surface area contributed by atoms with Gasteiger partial charge in [0, 0.05) is 32.8 Å². The summed E-state index contributed by atoms with van der Waals surface area (Å²) >= 11 is 0. The predicted octanol–water partition coefficient (Wildman–Crippen LogP) is -2.09. The molecule has 0 radical (unpaired) electrons. The SMILES string of the molecule is CCCO.O.O.O.[Zr]. The standard InChI is InChI=1S/C3H8O.3H2O.Zr/c1-2-3-4;;;;/h4H,2-3H2,1H3;3*1H2;. The summed E-state index contributed by atoms with van der Waals surface area (Å²) in [5.41, 5.74) is 0. The molecular weight excluding hydrogens is 191 g/mol. The van der Waals surface area contributed by atoms with E-state index in [-0.39, 0.29) is 42.6 Å². The van der Waals surface area contributed by atoms with Crippen LogP contribution in [0, 0.1) is 0 Å². The quantitative estimate of drug-likeness (QED) is 0.519. The maximum atomic E-state index is 7.88. The number of hydrogen-bond donors (Lipinski definition) is 1. The van der Waals surface area contributed by atoms with Crippen LogP contribution in [0.5, 0.6) is 0 Å². The molecule has 4 nitrogen and oxygen atoms in total. The van der Waals surface area contributed by atoms with Crippen LogP contribution in [0.15, 0.2) is 0 Å². The van der Waals surface area contributed by atoms with Crippen molar-refractivity contribution in [1.82, 2.24) is 0 Å². The third kappa shape index (κ3) is 74.2. The number of aliphatic hydroxyl groups excluding tert-OH is 1. The summed E-state index contributed by atoms with van der Waals surface area (Å²) in [7, 11) is 0. The fourth-order valence-electron chi connectivity index (χ4n) is 0. The van der Waals surface area contributed by atoms with Gasteiger partial charge < -0.3 is 21.5 Å². The van der Waals surface area contributed by atoms with Crippen LogP contribution in [0.4, 0.5) is 0 Å². The first-order valence-electron chi connectivity index (χ1n) is 1.52. The Morgan fingerprint density at radius 3 is 1.25 bits per heavy atom. The van der Waals surface area contributed by atoms with Crippen LogP contribution in [-0.2, 0) is 26.2 Å². The summed E-state index contributed by atoms with van der Waals surface area (Å²) in [6.45, 7) is 2.25. The van der Waals surface area contributed by atoms with E-state index in [0.717, 1.165) is 6.42 Å². The summed E-state index contributed by atoms with van der Waals surface area (Å²) < 4.78 is 0. The molecule has 0 saturated carbocycles. The molecule has 54 valence electrons. The van der Waals surface area contributed by atoms with Gasteiger partial charge in [-0.05, 0) is 6.42 Å². The van der Waals surface area contributed by atoms with Gasteiger partial charge in [0.25, 0.3) is 0 Å². The first-order chi connectivity index (χ1) is 1.91. The van der Waals surface area contributed by atoms with Gasteiger partial charge in [-0.3, -0.25) is 0 Å². The minimum atomic E-state index is 0. The van der Waals surface area contributed by atoms with Crippen molar-refractivity contribution in [2.75, 3.05) is 6.61 Å². The number of aliphatic hydroxyl groups is 1. The van der Waals surface area contributed by atoms with Crippen molar-refractivity contribution >= 4 is 0 Å². The third-order valence-electron chi connectivity index (χ3n) is 0.224. The Balaban J connectivity index is -0.00000000750. The van der Waals surface area contributed by atoms with Crippen LogP contribution in [0.3, 0.4) is 0 Å². The van der Waals surface area contributed by atoms with Crippen molar-refractivity contribution in [2.24, 2.45) is 0 Å². The second kappa shape index (κ2) is 47.1. The van der Waals surface area contributed by atoms with E-state index in [1.807, 2.05) is 6.92 Å². The molecule has 0 unspecified atom stereocenters. The predicted molar refractivity (Wildman–Crippen MR) is 28.2 cm³/mol. The smallest absolute Gasteiger partial charge is 0.0428 e. The van der Waals surface area contributed by atoms with Crippen LogP contribution in [0.1, 0.15) is 13.3 Å². The van der Waals surface area contributed by atoms with E-state index >= 15 is 0 Å². The zero-order valence-corrected chi connectivity index (χ0v) is 7.32. The molecule has 0 aromatic rings. The molecule has 8 heavy (non-hydrogen) atoms. The molecule has 0 atom stereocenters. The summed E-state index contributed by atoms with van der Waals surface area (Å²) in [6.07, 6.45) is 0.875. The van der Waals surface area contributed by atoms with Gasteiger partial charge in [-0.25, -0.2) is 0 Å². The van der Waals surface area contributed by atoms with Crippen molar-refractivity contribution in [2.45, 2.75) is 13.3 Å². The first kappa shape index (κ1) is 37.5. The summed E-state index contributed by atoms with van der Waals surface area (Å²) in [4.78, 5) is 0. The molecule has 0 amide bonds. The minimum absolute atomic E-state index is 0. The minimum Gasteiger partial charge on any atom is -0.412 e. The van der Waals surface area contributed by atoms with Crippen LogP contribution >= 0.6 is 0 Å². The molecule has 0 heterocycles. The van der Waals surface area contributed by atoms with Gasteiger partial charge in [0.05, 0.1) is 0 Å². The van der Waals surface area contributed by atoms with Gasteiger partial charge in [-0.1, -0.05) is 6.92 Å². The van der Waals surface area contributed by atoms with Crippen LogP contribution < -0.4 is 0 Å². The maximum absolute atomic E-state index is 7.88. The van der Waals surface area contributed by atoms with E-state index in [2.05, 4.69) is 0 Å². The van der Waals surface area contributed by atoms with Crippen LogP contribution in [0.25, 0.3) is 0 Å². The van der Waals surface area contributed by atoms with Gasteiger partial charge in [0.15, 0.2) is 0 Å². The van der Waals surface area contributed by atoms with Gasteiger partial charge in [-0.2, -0.15) is 0 Å². The second-order valence-corrected chi connectivity index (χ2v) is 0.724. The first-order valence-corrected chi connectivity index (χ1v) is 1.52. The van der Waals surface area contributed by atoms with E-state index in [0.29, 0.717) is 6.61 Å². The van der Waals surface area contributed by atoms with E-state index in [1.54, 1.807) is 0 Å². The molecular formula is C3H14O4Zr. The summed E-state index contributed by atoms with van der Waals surface area (Å²) in [5, 5.41) is 7.88. The molecule has 0 fully saturated rings. The molecule has 0 rings (SSSR count). The third-order valence-corrected chi connectivity index (χ3v) is 0.224. The Morgan fingerprint density at radius 1 is 1.12 bits per heavy atom. The largest absolute Gasteiger partial charge is 0.412 e. The van der Waals surface area contributed by atoms with Crippen molar-refractivity contribution in [3.05, 3.63) is 0 Å². The average molecular weight is 205 g/mol. The fraction of sp³-hybridized carbons (Fsp3) is 1.00. The van der Waals surface area contributed by atoms with E-state index in [1.165, 1.54) is 0 Å². The van der Waals surface area contributed by atoms with Crippen molar-refractivity contribution in [3.8, 4) is 0 Å². The molecule has 0 aliphatic rings. The van der Waals surface area contributed by atoms with Crippen molar-refractivity contribution < 1.29 is 47.7 Å². The summed E-state index contributed by atoms with van der Waals surface area (Å²) in [6, 6.07) is 0. The van der Waals surface area contributed by atoms with Crippen molar-refractivity contribution in [3.63, 3.8) is 0 Å². The molecule has 0 saturated heterocycles. The Kier molecular flexibility index (Phi) is 221. The number of rotatable bonds is 1. The normalized spacial score (nSPS) is 3.75. The Hall–Kier alpha value is 0.723. The van der Waals surface area contributed by atoms with Gasteiger partial charge >= 0.3 is 0 Å². The number of hydrogen-bond acceptors (Lipinski definition) is 1. The molecule has 7 N–H and O–H groups in total. The zero-order valence-electron chi connectivity index (χ0n) is 4.86. The van der Waals surface area contributed by atoms with E-state index < -0.39 is 0 Å². The Morgan fingerprint density at radius 2 is 1.25 bits per heavy atom. The average Bonchev–Trinajstić information content (AvgIpc) is 1.37. The Bertz CT molecular complexity index is 13.2.